The summed E-state index contributed by atoms with van der Waals surface area (Å²) in [6.07, 6.45) is 7.63. The van der Waals surface area contributed by atoms with Crippen molar-refractivity contribution in [1.29, 1.82) is 0 Å². The molecule has 0 radical (unpaired) electrons. The van der Waals surface area contributed by atoms with Gasteiger partial charge < -0.3 is 15.7 Å². The number of benzene rings is 2. The normalized spacial score (nSPS) is 15.2. The lowest BCUT2D eigenvalue weighted by molar-refractivity contribution is 0.175. The molecule has 0 spiro atoms. The highest BCUT2D eigenvalue weighted by molar-refractivity contribution is 9.10. The van der Waals surface area contributed by atoms with Gasteiger partial charge in [-0.15, -0.1) is 0 Å². The van der Waals surface area contributed by atoms with Gasteiger partial charge in [0.15, 0.2) is 11.6 Å². The third-order valence-corrected chi connectivity index (χ3v) is 8.65. The van der Waals surface area contributed by atoms with Crippen LogP contribution >= 0.6 is 15.9 Å². The molecule has 0 aliphatic carbocycles. The fourth-order valence-corrected chi connectivity index (χ4v) is 6.21. The second kappa shape index (κ2) is 11.9. The summed E-state index contributed by atoms with van der Waals surface area (Å²) in [5.74, 6) is 1.37. The van der Waals surface area contributed by atoms with Crippen molar-refractivity contribution in [3.63, 3.8) is 0 Å². The third-order valence-electron chi connectivity index (χ3n) is 8.22. The van der Waals surface area contributed by atoms with Crippen LogP contribution in [0.1, 0.15) is 23.1 Å². The zero-order valence-electron chi connectivity index (χ0n) is 24.4. The SMILES string of the molecule is Cc1c(Nc2nccc3cc(CN4CC[C@@H](O)C4)cnc23)cccc1-c1cccc(Nc2ncnc3cc(Br)cnc23)c1C. The van der Waals surface area contributed by atoms with Crippen molar-refractivity contribution < 1.29 is 5.11 Å². The van der Waals surface area contributed by atoms with E-state index in [1.807, 2.05) is 30.6 Å². The summed E-state index contributed by atoms with van der Waals surface area (Å²) in [5, 5.41) is 18.0. The van der Waals surface area contributed by atoms with E-state index in [1.165, 1.54) is 0 Å². The summed E-state index contributed by atoms with van der Waals surface area (Å²) >= 11 is 3.47. The highest BCUT2D eigenvalue weighted by Crippen LogP contribution is 2.36. The molecule has 220 valence electrons. The Morgan fingerprint density at radius 1 is 0.841 bits per heavy atom. The molecule has 6 aromatic rings. The van der Waals surface area contributed by atoms with Crippen molar-refractivity contribution >= 4 is 60.9 Å². The molecule has 1 saturated heterocycles. The number of fused-ring (bicyclic) bond motifs is 2. The van der Waals surface area contributed by atoms with Crippen LogP contribution in [-0.2, 0) is 6.54 Å². The minimum absolute atomic E-state index is 0.233. The third kappa shape index (κ3) is 5.59. The molecule has 3 N–H and O–H groups in total. The zero-order chi connectivity index (χ0) is 30.2. The van der Waals surface area contributed by atoms with Crippen LogP contribution in [0.3, 0.4) is 0 Å². The Balaban J connectivity index is 1.17. The number of hydrogen-bond donors (Lipinski definition) is 3. The standard InChI is InChI=1S/C34H31BrN8O/c1-20-26(27-6-4-8-29(21(27)2)42-34-32-30(39-19-40-34)14-24(35)16-38-32)5-3-7-28(20)41-33-31-23(9-11-36-33)13-22(15-37-31)17-43-12-10-25(44)18-43/h3-9,11,13-16,19,25,44H,10,12,17-18H2,1-2H3,(H,36,41)(H,39,40,42)/t25-/m1/s1. The van der Waals surface area contributed by atoms with E-state index in [0.717, 1.165) is 79.6 Å². The Kier molecular flexibility index (Phi) is 7.63. The van der Waals surface area contributed by atoms with Gasteiger partial charge in [-0.05, 0) is 94.3 Å². The molecule has 1 atom stereocenters. The first-order valence-corrected chi connectivity index (χ1v) is 15.4. The van der Waals surface area contributed by atoms with E-state index >= 15 is 0 Å². The van der Waals surface area contributed by atoms with Gasteiger partial charge in [0.25, 0.3) is 0 Å². The largest absolute Gasteiger partial charge is 0.392 e. The molecule has 4 aromatic heterocycles. The van der Waals surface area contributed by atoms with Crippen LogP contribution < -0.4 is 10.6 Å². The quantitative estimate of drug-likeness (QED) is 0.168. The molecule has 0 amide bonds. The molecule has 0 saturated carbocycles. The van der Waals surface area contributed by atoms with Crippen LogP contribution in [0.5, 0.6) is 0 Å². The van der Waals surface area contributed by atoms with E-state index < -0.39 is 0 Å². The maximum atomic E-state index is 9.89. The molecule has 1 fully saturated rings. The van der Waals surface area contributed by atoms with Crippen molar-refractivity contribution in [2.24, 2.45) is 0 Å². The van der Waals surface area contributed by atoms with Crippen molar-refractivity contribution in [2.75, 3.05) is 23.7 Å². The number of aliphatic hydroxyl groups excluding tert-OH is 1. The molecular weight excluding hydrogens is 616 g/mol. The van der Waals surface area contributed by atoms with E-state index in [-0.39, 0.29) is 6.10 Å². The van der Waals surface area contributed by atoms with Gasteiger partial charge in [-0.3, -0.25) is 9.88 Å². The molecule has 44 heavy (non-hydrogen) atoms. The summed E-state index contributed by atoms with van der Waals surface area (Å²) in [4.78, 5) is 25.1. The van der Waals surface area contributed by atoms with Crippen molar-refractivity contribution in [3.8, 4) is 11.1 Å². The number of nitrogens with one attached hydrogen (secondary N) is 2. The average Bonchev–Trinajstić information content (AvgIpc) is 3.43. The van der Waals surface area contributed by atoms with E-state index in [9.17, 15) is 5.11 Å². The van der Waals surface area contributed by atoms with E-state index in [4.69, 9.17) is 4.98 Å². The lowest BCUT2D eigenvalue weighted by Gasteiger charge is -2.18. The Bertz CT molecular complexity index is 2020. The summed E-state index contributed by atoms with van der Waals surface area (Å²) < 4.78 is 0.870. The van der Waals surface area contributed by atoms with E-state index in [2.05, 4.69) is 102 Å². The molecule has 1 aliphatic rings. The second-order valence-electron chi connectivity index (χ2n) is 11.2. The van der Waals surface area contributed by atoms with E-state index in [1.54, 1.807) is 12.5 Å². The van der Waals surface area contributed by atoms with Crippen LogP contribution in [0.15, 0.2) is 84.0 Å². The lowest BCUT2D eigenvalue weighted by atomic mass is 9.94. The average molecular weight is 648 g/mol. The summed E-state index contributed by atoms with van der Waals surface area (Å²) in [6, 6.07) is 18.6. The van der Waals surface area contributed by atoms with Gasteiger partial charge in [-0.2, -0.15) is 0 Å². The number of hydrogen-bond acceptors (Lipinski definition) is 9. The zero-order valence-corrected chi connectivity index (χ0v) is 26.0. The number of anilines is 4. The van der Waals surface area contributed by atoms with Gasteiger partial charge in [-0.1, -0.05) is 24.3 Å². The van der Waals surface area contributed by atoms with Crippen LogP contribution in [0, 0.1) is 13.8 Å². The van der Waals surface area contributed by atoms with Gasteiger partial charge in [-0.25, -0.2) is 19.9 Å². The highest BCUT2D eigenvalue weighted by Gasteiger charge is 2.20. The van der Waals surface area contributed by atoms with Crippen molar-refractivity contribution in [2.45, 2.75) is 32.9 Å². The van der Waals surface area contributed by atoms with Crippen LogP contribution in [0.4, 0.5) is 23.0 Å². The van der Waals surface area contributed by atoms with Gasteiger partial charge in [0.1, 0.15) is 17.4 Å². The highest BCUT2D eigenvalue weighted by atomic mass is 79.9. The number of likely N-dealkylation sites (tertiary alicyclic amines) is 1. The Hall–Kier alpha value is -4.51. The van der Waals surface area contributed by atoms with Crippen LogP contribution in [0.2, 0.25) is 0 Å². The van der Waals surface area contributed by atoms with Gasteiger partial charge in [0, 0.05) is 59.5 Å². The second-order valence-corrected chi connectivity index (χ2v) is 12.1. The smallest absolute Gasteiger partial charge is 0.160 e. The predicted octanol–water partition coefficient (Wildman–Crippen LogP) is 7.07. The summed E-state index contributed by atoms with van der Waals surface area (Å²) in [7, 11) is 0. The molecule has 2 aromatic carbocycles. The van der Waals surface area contributed by atoms with Crippen LogP contribution in [0.25, 0.3) is 33.1 Å². The first-order chi connectivity index (χ1) is 21.4. The molecular formula is C34H31BrN8O. The van der Waals surface area contributed by atoms with Gasteiger partial charge >= 0.3 is 0 Å². The maximum Gasteiger partial charge on any atom is 0.160 e. The predicted molar refractivity (Wildman–Crippen MR) is 178 cm³/mol. The minimum Gasteiger partial charge on any atom is -0.392 e. The number of aromatic nitrogens is 5. The molecule has 7 rings (SSSR count). The fraction of sp³-hybridized carbons (Fsp3) is 0.206. The molecule has 10 heteroatoms. The number of nitrogens with zero attached hydrogens (tertiary/aromatic N) is 6. The fourth-order valence-electron chi connectivity index (χ4n) is 5.89. The summed E-state index contributed by atoms with van der Waals surface area (Å²) in [5.41, 5.74) is 9.78. The van der Waals surface area contributed by atoms with Crippen molar-refractivity contribution in [1.82, 2.24) is 29.8 Å². The topological polar surface area (TPSA) is 112 Å². The minimum atomic E-state index is -0.233. The molecule has 1 aliphatic heterocycles. The van der Waals surface area contributed by atoms with Crippen LogP contribution in [-0.4, -0.2) is 54.1 Å². The number of pyridine rings is 3. The monoisotopic (exact) mass is 646 g/mol. The Morgan fingerprint density at radius 3 is 2.25 bits per heavy atom. The van der Waals surface area contributed by atoms with Gasteiger partial charge in [0.05, 0.1) is 11.6 Å². The Labute approximate surface area is 263 Å². The summed E-state index contributed by atoms with van der Waals surface area (Å²) in [6.45, 7) is 6.63. The first kappa shape index (κ1) is 28.3. The molecule has 0 bridgehead atoms. The van der Waals surface area contributed by atoms with Gasteiger partial charge in [0.2, 0.25) is 0 Å². The lowest BCUT2D eigenvalue weighted by Crippen LogP contribution is -2.21. The van der Waals surface area contributed by atoms with Crippen molar-refractivity contribution in [3.05, 3.63) is 101 Å². The number of halogens is 1. The maximum absolute atomic E-state index is 9.89. The molecule has 5 heterocycles. The Morgan fingerprint density at radius 2 is 1.55 bits per heavy atom. The number of aliphatic hydroxyl groups is 1. The number of β-amino-alcohol motifs (C(OH)–C–C–N with tert-alkyl or cyclic N) is 1. The first-order valence-electron chi connectivity index (χ1n) is 14.6. The van der Waals surface area contributed by atoms with E-state index in [0.29, 0.717) is 23.7 Å². The number of rotatable bonds is 7. The molecule has 0 unspecified atom stereocenters. The molecule has 9 nitrogen and oxygen atoms in total.